The molecular formula is C14H9ClN2O. The van der Waals surface area contributed by atoms with Crippen molar-refractivity contribution in [2.45, 2.75) is 13.2 Å². The van der Waals surface area contributed by atoms with Crippen LogP contribution in [0.25, 0.3) is 11.1 Å². The highest BCUT2D eigenvalue weighted by atomic mass is 35.5. The van der Waals surface area contributed by atoms with Gasteiger partial charge in [-0.2, -0.15) is 5.26 Å². The molecule has 0 aliphatic carbocycles. The average Bonchev–Trinajstić information content (AvgIpc) is 2.85. The molecule has 18 heavy (non-hydrogen) atoms. The third-order valence-corrected chi connectivity index (χ3v) is 3.27. The van der Waals surface area contributed by atoms with Crippen LogP contribution in [0.3, 0.4) is 0 Å². The van der Waals surface area contributed by atoms with Crippen molar-refractivity contribution >= 4 is 11.6 Å². The molecule has 0 radical (unpaired) electrons. The zero-order chi connectivity index (χ0) is 12.5. The molecule has 0 unspecified atom stereocenters. The second kappa shape index (κ2) is 4.41. The molecule has 0 saturated heterocycles. The van der Waals surface area contributed by atoms with E-state index in [-0.39, 0.29) is 5.15 Å². The van der Waals surface area contributed by atoms with Crippen LogP contribution in [0.4, 0.5) is 0 Å². The molecule has 1 aromatic carbocycles. The molecule has 1 aromatic heterocycles. The Morgan fingerprint density at radius 3 is 2.72 bits per heavy atom. The average molecular weight is 257 g/mol. The second-order valence-corrected chi connectivity index (χ2v) is 4.41. The molecule has 0 amide bonds. The van der Waals surface area contributed by atoms with Gasteiger partial charge in [0.15, 0.2) is 0 Å². The van der Waals surface area contributed by atoms with Crippen LogP contribution >= 0.6 is 11.6 Å². The molecule has 0 saturated carbocycles. The molecule has 2 aromatic rings. The fourth-order valence-corrected chi connectivity index (χ4v) is 2.43. The Morgan fingerprint density at radius 2 is 2.00 bits per heavy atom. The lowest BCUT2D eigenvalue weighted by Gasteiger charge is -2.10. The summed E-state index contributed by atoms with van der Waals surface area (Å²) < 4.78 is 5.40. The van der Waals surface area contributed by atoms with Crippen molar-refractivity contribution in [2.24, 2.45) is 0 Å². The van der Waals surface area contributed by atoms with E-state index in [1.165, 1.54) is 0 Å². The molecule has 4 heteroatoms. The van der Waals surface area contributed by atoms with E-state index < -0.39 is 0 Å². The summed E-state index contributed by atoms with van der Waals surface area (Å²) >= 11 is 6.07. The lowest BCUT2D eigenvalue weighted by Crippen LogP contribution is -1.98. The van der Waals surface area contributed by atoms with Gasteiger partial charge in [0.1, 0.15) is 11.2 Å². The zero-order valence-corrected chi connectivity index (χ0v) is 10.2. The Bertz CT molecular complexity index is 646. The number of benzene rings is 1. The lowest BCUT2D eigenvalue weighted by atomic mass is 9.96. The minimum absolute atomic E-state index is 0.251. The van der Waals surface area contributed by atoms with Crippen LogP contribution in [-0.2, 0) is 18.0 Å². The van der Waals surface area contributed by atoms with E-state index in [0.717, 1.165) is 22.4 Å². The number of fused-ring (bicyclic) bond motifs is 1. The molecule has 0 spiro atoms. The van der Waals surface area contributed by atoms with E-state index in [0.29, 0.717) is 18.8 Å². The number of pyridine rings is 1. The summed E-state index contributed by atoms with van der Waals surface area (Å²) in [5, 5.41) is 9.53. The molecule has 3 nitrogen and oxygen atoms in total. The maximum atomic E-state index is 9.28. The van der Waals surface area contributed by atoms with Gasteiger partial charge < -0.3 is 4.74 Å². The summed E-state index contributed by atoms with van der Waals surface area (Å²) in [5.41, 5.74) is 4.05. The van der Waals surface area contributed by atoms with Crippen LogP contribution in [-0.4, -0.2) is 4.98 Å². The smallest absolute Gasteiger partial charge is 0.147 e. The minimum Gasteiger partial charge on any atom is -0.370 e. The number of rotatable bonds is 1. The van der Waals surface area contributed by atoms with Gasteiger partial charge in [-0.15, -0.1) is 0 Å². The SMILES string of the molecule is N#Cc1c(Cl)nc2c(c1-c1ccccc1)COC2. The van der Waals surface area contributed by atoms with Crippen LogP contribution in [0.2, 0.25) is 5.15 Å². The topological polar surface area (TPSA) is 45.9 Å². The van der Waals surface area contributed by atoms with Gasteiger partial charge in [-0.25, -0.2) is 4.98 Å². The van der Waals surface area contributed by atoms with Crippen LogP contribution in [0.1, 0.15) is 16.8 Å². The molecule has 3 rings (SSSR count). The number of hydrogen-bond acceptors (Lipinski definition) is 3. The van der Waals surface area contributed by atoms with Gasteiger partial charge in [0.05, 0.1) is 24.5 Å². The van der Waals surface area contributed by atoms with Gasteiger partial charge in [0.2, 0.25) is 0 Å². The highest BCUT2D eigenvalue weighted by Gasteiger charge is 2.23. The predicted octanol–water partition coefficient (Wildman–Crippen LogP) is 3.30. The Kier molecular flexibility index (Phi) is 2.75. The van der Waals surface area contributed by atoms with Crippen molar-refractivity contribution in [1.82, 2.24) is 4.98 Å². The van der Waals surface area contributed by atoms with Crippen LogP contribution in [0.15, 0.2) is 30.3 Å². The molecule has 1 aliphatic heterocycles. The predicted molar refractivity (Wildman–Crippen MR) is 67.9 cm³/mol. The standard InChI is InChI=1S/C14H9ClN2O/c15-14-10(6-16)13(9-4-2-1-3-5-9)11-7-18-8-12(11)17-14/h1-5H,7-8H2. The summed E-state index contributed by atoms with van der Waals surface area (Å²) in [6, 6.07) is 11.9. The number of hydrogen-bond donors (Lipinski definition) is 0. The molecule has 2 heterocycles. The number of nitriles is 1. The monoisotopic (exact) mass is 256 g/mol. The van der Waals surface area contributed by atoms with Crippen molar-refractivity contribution in [3.63, 3.8) is 0 Å². The summed E-state index contributed by atoms with van der Waals surface area (Å²) in [5.74, 6) is 0. The van der Waals surface area contributed by atoms with Crippen molar-refractivity contribution in [2.75, 3.05) is 0 Å². The van der Waals surface area contributed by atoms with E-state index in [1.54, 1.807) is 0 Å². The quantitative estimate of drug-likeness (QED) is 0.736. The number of halogens is 1. The Morgan fingerprint density at radius 1 is 1.22 bits per heavy atom. The van der Waals surface area contributed by atoms with Gasteiger partial charge in [0, 0.05) is 11.1 Å². The van der Waals surface area contributed by atoms with E-state index in [4.69, 9.17) is 16.3 Å². The maximum Gasteiger partial charge on any atom is 0.147 e. The summed E-state index contributed by atoms with van der Waals surface area (Å²) in [7, 11) is 0. The molecule has 0 atom stereocenters. The Hall–Kier alpha value is -1.89. The fourth-order valence-electron chi connectivity index (χ4n) is 2.19. The minimum atomic E-state index is 0.251. The first-order valence-electron chi connectivity index (χ1n) is 5.55. The van der Waals surface area contributed by atoms with Gasteiger partial charge >= 0.3 is 0 Å². The van der Waals surface area contributed by atoms with Gasteiger partial charge in [-0.3, -0.25) is 0 Å². The summed E-state index contributed by atoms with van der Waals surface area (Å²) in [6.45, 7) is 0.943. The first-order valence-corrected chi connectivity index (χ1v) is 5.93. The zero-order valence-electron chi connectivity index (χ0n) is 9.48. The number of ether oxygens (including phenoxy) is 1. The van der Waals surface area contributed by atoms with Gasteiger partial charge in [-0.1, -0.05) is 41.9 Å². The third-order valence-electron chi connectivity index (χ3n) is 3.00. The van der Waals surface area contributed by atoms with Crippen LogP contribution < -0.4 is 0 Å². The number of nitrogens with zero attached hydrogens (tertiary/aromatic N) is 2. The molecular weight excluding hydrogens is 248 g/mol. The normalized spacial score (nSPS) is 13.1. The van der Waals surface area contributed by atoms with Crippen molar-refractivity contribution in [3.05, 3.63) is 52.3 Å². The molecule has 0 fully saturated rings. The summed E-state index contributed by atoms with van der Waals surface area (Å²) in [6.07, 6.45) is 0. The largest absolute Gasteiger partial charge is 0.370 e. The maximum absolute atomic E-state index is 9.28. The molecule has 88 valence electrons. The highest BCUT2D eigenvalue weighted by Crippen LogP contribution is 2.35. The Labute approximate surface area is 110 Å². The van der Waals surface area contributed by atoms with Gasteiger partial charge in [-0.05, 0) is 5.56 Å². The third kappa shape index (κ3) is 1.67. The molecule has 1 aliphatic rings. The van der Waals surface area contributed by atoms with E-state index >= 15 is 0 Å². The molecule has 0 bridgehead atoms. The summed E-state index contributed by atoms with van der Waals surface area (Å²) in [4.78, 5) is 4.23. The van der Waals surface area contributed by atoms with E-state index in [2.05, 4.69) is 11.1 Å². The highest BCUT2D eigenvalue weighted by molar-refractivity contribution is 6.31. The number of aromatic nitrogens is 1. The fraction of sp³-hybridized carbons (Fsp3) is 0.143. The second-order valence-electron chi connectivity index (χ2n) is 4.05. The van der Waals surface area contributed by atoms with Crippen LogP contribution in [0, 0.1) is 11.3 Å². The first-order chi connectivity index (χ1) is 8.81. The first kappa shape index (κ1) is 11.2. The van der Waals surface area contributed by atoms with Crippen molar-refractivity contribution in [1.29, 1.82) is 5.26 Å². The Balaban J connectivity index is 2.34. The van der Waals surface area contributed by atoms with E-state index in [1.807, 2.05) is 30.3 Å². The van der Waals surface area contributed by atoms with Crippen molar-refractivity contribution < 1.29 is 4.74 Å². The van der Waals surface area contributed by atoms with Crippen molar-refractivity contribution in [3.8, 4) is 17.2 Å². The molecule has 0 N–H and O–H groups in total. The van der Waals surface area contributed by atoms with E-state index in [9.17, 15) is 5.26 Å². The van der Waals surface area contributed by atoms with Crippen LogP contribution in [0.5, 0.6) is 0 Å². The lowest BCUT2D eigenvalue weighted by molar-refractivity contribution is 0.133. The van der Waals surface area contributed by atoms with Gasteiger partial charge in [0.25, 0.3) is 0 Å².